The van der Waals surface area contributed by atoms with Crippen LogP contribution in [0.25, 0.3) is 16.6 Å². The number of ether oxygens (including phenoxy) is 1. The Morgan fingerprint density at radius 1 is 1.09 bits per heavy atom. The van der Waals surface area contributed by atoms with E-state index in [-0.39, 0.29) is 17.2 Å². The molecule has 0 spiro atoms. The average molecular weight is 480 g/mol. The molecule has 1 amide bonds. The van der Waals surface area contributed by atoms with Crippen LogP contribution in [0, 0.1) is 0 Å². The van der Waals surface area contributed by atoms with Crippen molar-refractivity contribution < 1.29 is 9.53 Å². The van der Waals surface area contributed by atoms with E-state index in [1.165, 1.54) is 16.3 Å². The van der Waals surface area contributed by atoms with Crippen molar-refractivity contribution in [1.82, 2.24) is 14.5 Å². The zero-order chi connectivity index (χ0) is 23.4. The van der Waals surface area contributed by atoms with Gasteiger partial charge < -0.3 is 9.64 Å². The molecular formula is C25H22ClN3O3S. The third kappa shape index (κ3) is 5.21. The number of para-hydroxylation sites is 1. The van der Waals surface area contributed by atoms with E-state index in [9.17, 15) is 9.59 Å². The lowest BCUT2D eigenvalue weighted by atomic mass is 10.2. The number of nitrogens with zero attached hydrogens (tertiary/aromatic N) is 3. The molecule has 1 aromatic heterocycles. The van der Waals surface area contributed by atoms with E-state index >= 15 is 0 Å². The Kier molecular flexibility index (Phi) is 7.01. The van der Waals surface area contributed by atoms with Crippen molar-refractivity contribution in [2.45, 2.75) is 11.7 Å². The van der Waals surface area contributed by atoms with Gasteiger partial charge in [-0.1, -0.05) is 53.7 Å². The van der Waals surface area contributed by atoms with E-state index in [1.54, 1.807) is 61.5 Å². The van der Waals surface area contributed by atoms with E-state index in [0.29, 0.717) is 33.3 Å². The highest BCUT2D eigenvalue weighted by molar-refractivity contribution is 7.99. The molecule has 0 atom stereocenters. The van der Waals surface area contributed by atoms with Gasteiger partial charge in [0.05, 0.1) is 29.5 Å². The standard InChI is InChI=1S/C25H22ClN3O3S/c1-28(15-17-7-5-10-20(13-17)32-2)23(30)16-33-25-27-22-12-4-3-11-21(22)24(31)29(25)19-9-6-8-18(26)14-19/h3-14H,15-16H2,1-2H3. The first-order valence-corrected chi connectivity index (χ1v) is 11.6. The molecule has 4 rings (SSSR count). The van der Waals surface area contributed by atoms with Crippen molar-refractivity contribution in [2.24, 2.45) is 0 Å². The van der Waals surface area contributed by atoms with Gasteiger partial charge in [-0.25, -0.2) is 4.98 Å². The molecule has 1 heterocycles. The summed E-state index contributed by atoms with van der Waals surface area (Å²) in [7, 11) is 3.36. The lowest BCUT2D eigenvalue weighted by Gasteiger charge is -2.18. The van der Waals surface area contributed by atoms with Crippen molar-refractivity contribution in [3.63, 3.8) is 0 Å². The number of amides is 1. The Morgan fingerprint density at radius 3 is 2.67 bits per heavy atom. The molecule has 0 N–H and O–H groups in total. The van der Waals surface area contributed by atoms with Crippen molar-refractivity contribution in [2.75, 3.05) is 19.9 Å². The number of thioether (sulfide) groups is 1. The third-order valence-corrected chi connectivity index (χ3v) is 6.27. The summed E-state index contributed by atoms with van der Waals surface area (Å²) in [6.45, 7) is 0.447. The lowest BCUT2D eigenvalue weighted by molar-refractivity contribution is -0.127. The molecule has 0 saturated carbocycles. The summed E-state index contributed by atoms with van der Waals surface area (Å²) in [5, 5.41) is 1.45. The Bertz CT molecular complexity index is 1370. The molecule has 0 radical (unpaired) electrons. The molecule has 4 aromatic rings. The van der Waals surface area contributed by atoms with Crippen LogP contribution in [0.5, 0.6) is 5.75 Å². The fraction of sp³-hybridized carbons (Fsp3) is 0.160. The van der Waals surface area contributed by atoms with Gasteiger partial charge in [0, 0.05) is 18.6 Å². The maximum absolute atomic E-state index is 13.3. The average Bonchev–Trinajstić information content (AvgIpc) is 2.82. The minimum atomic E-state index is -0.206. The van der Waals surface area contributed by atoms with Crippen molar-refractivity contribution >= 4 is 40.2 Å². The first-order chi connectivity index (χ1) is 16.0. The van der Waals surface area contributed by atoms with Crippen molar-refractivity contribution in [3.8, 4) is 11.4 Å². The van der Waals surface area contributed by atoms with Gasteiger partial charge >= 0.3 is 0 Å². The number of halogens is 1. The van der Waals surface area contributed by atoms with E-state index in [0.717, 1.165) is 11.3 Å². The van der Waals surface area contributed by atoms with Crippen LogP contribution in [-0.4, -0.2) is 40.3 Å². The van der Waals surface area contributed by atoms with Crippen LogP contribution in [0.15, 0.2) is 82.7 Å². The predicted octanol–water partition coefficient (Wildman–Crippen LogP) is 4.80. The Balaban J connectivity index is 1.60. The zero-order valence-electron chi connectivity index (χ0n) is 18.2. The van der Waals surface area contributed by atoms with Gasteiger partial charge in [-0.15, -0.1) is 0 Å². The second-order valence-electron chi connectivity index (χ2n) is 7.42. The largest absolute Gasteiger partial charge is 0.497 e. The van der Waals surface area contributed by atoms with Gasteiger partial charge in [0.1, 0.15) is 5.75 Å². The first-order valence-electron chi connectivity index (χ1n) is 10.2. The maximum Gasteiger partial charge on any atom is 0.266 e. The summed E-state index contributed by atoms with van der Waals surface area (Å²) in [6, 6.07) is 21.8. The molecular weight excluding hydrogens is 458 g/mol. The van der Waals surface area contributed by atoms with Gasteiger partial charge in [-0.05, 0) is 48.0 Å². The SMILES string of the molecule is COc1cccc(CN(C)C(=O)CSc2nc3ccccc3c(=O)n2-c2cccc(Cl)c2)c1. The molecule has 0 fully saturated rings. The highest BCUT2D eigenvalue weighted by atomic mass is 35.5. The minimum Gasteiger partial charge on any atom is -0.497 e. The number of fused-ring (bicyclic) bond motifs is 1. The minimum absolute atomic E-state index is 0.0807. The quantitative estimate of drug-likeness (QED) is 0.281. The van der Waals surface area contributed by atoms with Crippen LogP contribution in [-0.2, 0) is 11.3 Å². The number of hydrogen-bond donors (Lipinski definition) is 0. The number of rotatable bonds is 7. The molecule has 0 aliphatic rings. The summed E-state index contributed by atoms with van der Waals surface area (Å²) in [5.74, 6) is 0.794. The fourth-order valence-electron chi connectivity index (χ4n) is 3.42. The molecule has 3 aromatic carbocycles. The predicted molar refractivity (Wildman–Crippen MR) is 133 cm³/mol. The fourth-order valence-corrected chi connectivity index (χ4v) is 4.56. The molecule has 6 nitrogen and oxygen atoms in total. The monoisotopic (exact) mass is 479 g/mol. The zero-order valence-corrected chi connectivity index (χ0v) is 19.8. The number of benzene rings is 3. The Morgan fingerprint density at radius 2 is 1.88 bits per heavy atom. The molecule has 168 valence electrons. The van der Waals surface area contributed by atoms with Crippen molar-refractivity contribution in [1.29, 1.82) is 0 Å². The van der Waals surface area contributed by atoms with Gasteiger partial charge in [-0.3, -0.25) is 14.2 Å². The third-order valence-electron chi connectivity index (χ3n) is 5.12. The topological polar surface area (TPSA) is 64.4 Å². The molecule has 33 heavy (non-hydrogen) atoms. The maximum atomic E-state index is 13.3. The number of carbonyl (C=O) groups excluding carboxylic acids is 1. The van der Waals surface area contributed by atoms with Gasteiger partial charge in [0.2, 0.25) is 5.91 Å². The van der Waals surface area contributed by atoms with Crippen LogP contribution in [0.3, 0.4) is 0 Å². The van der Waals surface area contributed by atoms with E-state index < -0.39 is 0 Å². The first kappa shape index (κ1) is 22.9. The van der Waals surface area contributed by atoms with Crippen LogP contribution >= 0.6 is 23.4 Å². The summed E-state index contributed by atoms with van der Waals surface area (Å²) in [5.41, 5.74) is 1.95. The highest BCUT2D eigenvalue weighted by Crippen LogP contribution is 2.23. The lowest BCUT2D eigenvalue weighted by Crippen LogP contribution is -2.28. The molecule has 8 heteroatoms. The summed E-state index contributed by atoms with van der Waals surface area (Å²) in [4.78, 5) is 32.5. The number of carbonyl (C=O) groups is 1. The highest BCUT2D eigenvalue weighted by Gasteiger charge is 2.17. The van der Waals surface area contributed by atoms with Crippen LogP contribution in [0.4, 0.5) is 0 Å². The summed E-state index contributed by atoms with van der Waals surface area (Å²) < 4.78 is 6.76. The van der Waals surface area contributed by atoms with Crippen LogP contribution in [0.2, 0.25) is 5.02 Å². The molecule has 0 saturated heterocycles. The normalized spacial score (nSPS) is 10.9. The number of methoxy groups -OCH3 is 1. The van der Waals surface area contributed by atoms with E-state index in [4.69, 9.17) is 16.3 Å². The number of aromatic nitrogens is 2. The Labute approximate surface area is 200 Å². The van der Waals surface area contributed by atoms with Crippen LogP contribution < -0.4 is 10.3 Å². The van der Waals surface area contributed by atoms with Gasteiger partial charge in [0.25, 0.3) is 5.56 Å². The van der Waals surface area contributed by atoms with E-state index in [2.05, 4.69) is 4.98 Å². The Hall–Kier alpha value is -3.29. The molecule has 0 bridgehead atoms. The van der Waals surface area contributed by atoms with Crippen molar-refractivity contribution in [3.05, 3.63) is 93.7 Å². The summed E-state index contributed by atoms with van der Waals surface area (Å²) in [6.07, 6.45) is 0. The van der Waals surface area contributed by atoms with E-state index in [1.807, 2.05) is 30.3 Å². The van der Waals surface area contributed by atoms with Gasteiger partial charge in [0.15, 0.2) is 5.16 Å². The van der Waals surface area contributed by atoms with Gasteiger partial charge in [-0.2, -0.15) is 0 Å². The molecule has 0 aliphatic carbocycles. The smallest absolute Gasteiger partial charge is 0.266 e. The molecule has 0 unspecified atom stereocenters. The second kappa shape index (κ2) is 10.1. The van der Waals surface area contributed by atoms with Crippen LogP contribution in [0.1, 0.15) is 5.56 Å². The molecule has 0 aliphatic heterocycles. The second-order valence-corrected chi connectivity index (χ2v) is 8.80. The summed E-state index contributed by atoms with van der Waals surface area (Å²) >= 11 is 7.40. The number of hydrogen-bond acceptors (Lipinski definition) is 5.